The van der Waals surface area contributed by atoms with E-state index in [1.54, 1.807) is 0 Å². The minimum Gasteiger partial charge on any atom is -0.386 e. The summed E-state index contributed by atoms with van der Waals surface area (Å²) >= 11 is 0. The van der Waals surface area contributed by atoms with E-state index in [9.17, 15) is 0 Å². The van der Waals surface area contributed by atoms with Crippen molar-refractivity contribution in [2.24, 2.45) is 5.73 Å². The van der Waals surface area contributed by atoms with Crippen molar-refractivity contribution in [2.75, 3.05) is 6.54 Å². The minimum atomic E-state index is 0.851. The second kappa shape index (κ2) is 5.15. The summed E-state index contributed by atoms with van der Waals surface area (Å²) in [5, 5.41) is 3.14. The predicted molar refractivity (Wildman–Crippen MR) is 45.5 cm³/mol. The van der Waals surface area contributed by atoms with Gasteiger partial charge in [0.1, 0.15) is 0 Å². The van der Waals surface area contributed by atoms with Crippen LogP contribution in [0.5, 0.6) is 0 Å². The van der Waals surface area contributed by atoms with Gasteiger partial charge >= 0.3 is 0 Å². The molecule has 0 rings (SSSR count). The summed E-state index contributed by atoms with van der Waals surface area (Å²) in [6.45, 7) is 7.26. The number of allylic oxidation sites excluding steroid dienone is 1. The molecule has 0 aliphatic carbocycles. The fraction of sp³-hybridized carbons (Fsp3) is 0.750. The molecule has 3 N–H and O–H groups in total. The average Bonchev–Trinajstić information content (AvgIpc) is 1.98. The molecule has 0 amide bonds. The van der Waals surface area contributed by atoms with Crippen LogP contribution in [0.1, 0.15) is 33.6 Å². The highest BCUT2D eigenvalue weighted by Gasteiger charge is 1.91. The third-order valence-corrected chi connectivity index (χ3v) is 1.56. The molecule has 0 heterocycles. The molecule has 0 saturated heterocycles. The Bertz CT molecular complexity index is 116. The standard InChI is InChI=1S/C8H18N2/c1-4-6-10-8(9)7(3)5-2/h10H,4-6,9H2,1-3H3/b8-7+. The lowest BCUT2D eigenvalue weighted by molar-refractivity contribution is 0.745. The zero-order chi connectivity index (χ0) is 7.98. The van der Waals surface area contributed by atoms with Crippen LogP contribution in [-0.2, 0) is 0 Å². The van der Waals surface area contributed by atoms with Crippen LogP contribution in [0.15, 0.2) is 11.4 Å². The second-order valence-electron chi connectivity index (χ2n) is 2.47. The van der Waals surface area contributed by atoms with Crippen molar-refractivity contribution in [3.63, 3.8) is 0 Å². The molecule has 0 radical (unpaired) electrons. The molecule has 0 fully saturated rings. The zero-order valence-corrected chi connectivity index (χ0v) is 7.20. The molecule has 2 nitrogen and oxygen atoms in total. The summed E-state index contributed by atoms with van der Waals surface area (Å²) in [5.41, 5.74) is 6.93. The predicted octanol–water partition coefficient (Wildman–Crippen LogP) is 1.59. The third kappa shape index (κ3) is 3.38. The van der Waals surface area contributed by atoms with E-state index in [0.717, 1.165) is 25.2 Å². The van der Waals surface area contributed by atoms with Gasteiger partial charge in [0, 0.05) is 6.54 Å². The molecule has 0 bridgehead atoms. The summed E-state index contributed by atoms with van der Waals surface area (Å²) in [7, 11) is 0. The van der Waals surface area contributed by atoms with Crippen molar-refractivity contribution in [3.8, 4) is 0 Å². The number of nitrogens with one attached hydrogen (secondary N) is 1. The van der Waals surface area contributed by atoms with Crippen molar-refractivity contribution < 1.29 is 0 Å². The highest BCUT2D eigenvalue weighted by atomic mass is 15.0. The molecular formula is C8H18N2. The molecular weight excluding hydrogens is 124 g/mol. The molecule has 0 atom stereocenters. The van der Waals surface area contributed by atoms with Crippen molar-refractivity contribution in [2.45, 2.75) is 33.6 Å². The zero-order valence-electron chi connectivity index (χ0n) is 7.20. The Kier molecular flexibility index (Phi) is 4.81. The average molecular weight is 142 g/mol. The van der Waals surface area contributed by atoms with E-state index in [4.69, 9.17) is 5.73 Å². The van der Waals surface area contributed by atoms with Gasteiger partial charge in [-0.15, -0.1) is 0 Å². The number of hydrogen-bond acceptors (Lipinski definition) is 2. The fourth-order valence-electron chi connectivity index (χ4n) is 0.601. The smallest absolute Gasteiger partial charge is 0.0948 e. The molecule has 2 heteroatoms. The lowest BCUT2D eigenvalue weighted by Crippen LogP contribution is -2.22. The second-order valence-corrected chi connectivity index (χ2v) is 2.47. The summed E-state index contributed by atoms with van der Waals surface area (Å²) in [4.78, 5) is 0. The SMILES string of the molecule is CCCN/C(N)=C(\C)CC. The number of hydrogen-bond donors (Lipinski definition) is 2. The van der Waals surface area contributed by atoms with E-state index in [2.05, 4.69) is 26.1 Å². The van der Waals surface area contributed by atoms with Gasteiger partial charge in [0.15, 0.2) is 0 Å². The summed E-state index contributed by atoms with van der Waals surface area (Å²) in [6, 6.07) is 0. The maximum absolute atomic E-state index is 5.68. The quantitative estimate of drug-likeness (QED) is 0.625. The van der Waals surface area contributed by atoms with E-state index in [1.807, 2.05) is 0 Å². The van der Waals surface area contributed by atoms with Crippen LogP contribution in [-0.4, -0.2) is 6.54 Å². The van der Waals surface area contributed by atoms with Gasteiger partial charge in [-0.2, -0.15) is 0 Å². The molecule has 0 aromatic heterocycles. The molecule has 0 spiro atoms. The van der Waals surface area contributed by atoms with E-state index < -0.39 is 0 Å². The van der Waals surface area contributed by atoms with Crippen molar-refractivity contribution in [1.29, 1.82) is 0 Å². The van der Waals surface area contributed by atoms with Crippen LogP contribution in [0.4, 0.5) is 0 Å². The number of rotatable bonds is 4. The Morgan fingerprint density at radius 2 is 2.00 bits per heavy atom. The maximum atomic E-state index is 5.68. The van der Waals surface area contributed by atoms with Gasteiger partial charge in [-0.05, 0) is 25.3 Å². The van der Waals surface area contributed by atoms with Gasteiger partial charge in [-0.1, -0.05) is 13.8 Å². The first-order chi connectivity index (χ1) is 4.72. The molecule has 0 aromatic carbocycles. The van der Waals surface area contributed by atoms with Gasteiger partial charge in [0.2, 0.25) is 0 Å². The van der Waals surface area contributed by atoms with Crippen LogP contribution < -0.4 is 11.1 Å². The Balaban J connectivity index is 3.68. The molecule has 10 heavy (non-hydrogen) atoms. The van der Waals surface area contributed by atoms with Crippen LogP contribution in [0, 0.1) is 0 Å². The normalized spacial score (nSPS) is 12.7. The number of nitrogens with two attached hydrogens (primary N) is 1. The van der Waals surface area contributed by atoms with Gasteiger partial charge in [-0.3, -0.25) is 0 Å². The first-order valence-corrected chi connectivity index (χ1v) is 3.91. The lowest BCUT2D eigenvalue weighted by atomic mass is 10.2. The molecule has 0 aliphatic rings. The van der Waals surface area contributed by atoms with Crippen LogP contribution in [0.25, 0.3) is 0 Å². The van der Waals surface area contributed by atoms with Crippen LogP contribution in [0.2, 0.25) is 0 Å². The highest BCUT2D eigenvalue weighted by molar-refractivity contribution is 5.05. The van der Waals surface area contributed by atoms with E-state index in [-0.39, 0.29) is 0 Å². The topological polar surface area (TPSA) is 38.0 Å². The maximum Gasteiger partial charge on any atom is 0.0948 e. The molecule has 0 aliphatic heterocycles. The Morgan fingerprint density at radius 3 is 2.40 bits per heavy atom. The van der Waals surface area contributed by atoms with Crippen molar-refractivity contribution >= 4 is 0 Å². The van der Waals surface area contributed by atoms with Gasteiger partial charge < -0.3 is 11.1 Å². The summed E-state index contributed by atoms with van der Waals surface area (Å²) in [5.74, 6) is 0.851. The molecule has 0 aromatic rings. The first kappa shape index (κ1) is 9.34. The van der Waals surface area contributed by atoms with Gasteiger partial charge in [-0.25, -0.2) is 0 Å². The monoisotopic (exact) mass is 142 g/mol. The summed E-state index contributed by atoms with van der Waals surface area (Å²) in [6.07, 6.45) is 2.15. The van der Waals surface area contributed by atoms with Crippen molar-refractivity contribution in [3.05, 3.63) is 11.4 Å². The van der Waals surface area contributed by atoms with Gasteiger partial charge in [0.25, 0.3) is 0 Å². The summed E-state index contributed by atoms with van der Waals surface area (Å²) < 4.78 is 0. The Labute approximate surface area is 63.5 Å². The Morgan fingerprint density at radius 1 is 1.40 bits per heavy atom. The molecule has 60 valence electrons. The third-order valence-electron chi connectivity index (χ3n) is 1.56. The molecule has 0 saturated carbocycles. The van der Waals surface area contributed by atoms with E-state index in [1.165, 1.54) is 5.57 Å². The fourth-order valence-corrected chi connectivity index (χ4v) is 0.601. The van der Waals surface area contributed by atoms with E-state index >= 15 is 0 Å². The lowest BCUT2D eigenvalue weighted by Gasteiger charge is -2.07. The van der Waals surface area contributed by atoms with E-state index in [0.29, 0.717) is 0 Å². The van der Waals surface area contributed by atoms with Gasteiger partial charge in [0.05, 0.1) is 5.82 Å². The van der Waals surface area contributed by atoms with Crippen LogP contribution in [0.3, 0.4) is 0 Å². The first-order valence-electron chi connectivity index (χ1n) is 3.91. The minimum absolute atomic E-state index is 0.851. The van der Waals surface area contributed by atoms with Crippen molar-refractivity contribution in [1.82, 2.24) is 5.32 Å². The molecule has 0 unspecified atom stereocenters. The Hall–Kier alpha value is -0.660. The largest absolute Gasteiger partial charge is 0.386 e. The van der Waals surface area contributed by atoms with Crippen LogP contribution >= 0.6 is 0 Å². The highest BCUT2D eigenvalue weighted by Crippen LogP contribution is 1.98.